The van der Waals surface area contributed by atoms with Gasteiger partial charge in [-0.1, -0.05) is 11.2 Å². The van der Waals surface area contributed by atoms with Crippen LogP contribution in [0.2, 0.25) is 0 Å². The fourth-order valence-electron chi connectivity index (χ4n) is 2.85. The number of likely N-dealkylation sites (tertiary alicyclic amines) is 1. The van der Waals surface area contributed by atoms with Crippen LogP contribution in [0.1, 0.15) is 41.6 Å². The zero-order valence-corrected chi connectivity index (χ0v) is 11.5. The lowest BCUT2D eigenvalue weighted by molar-refractivity contribution is 0.242. The minimum absolute atomic E-state index is 0.426. The molecule has 2 aromatic heterocycles. The van der Waals surface area contributed by atoms with Gasteiger partial charge in [-0.05, 0) is 45.4 Å². The first kappa shape index (κ1) is 12.4. The van der Waals surface area contributed by atoms with E-state index in [2.05, 4.69) is 27.2 Å². The largest absolute Gasteiger partial charge is 0.361 e. The lowest BCUT2D eigenvalue weighted by atomic mass is 10.1. The molecule has 3 heterocycles. The zero-order chi connectivity index (χ0) is 13.2. The zero-order valence-electron chi connectivity index (χ0n) is 11.5. The minimum atomic E-state index is 0.426. The molecule has 4 heteroatoms. The summed E-state index contributed by atoms with van der Waals surface area (Å²) in [5.41, 5.74) is 3.40. The summed E-state index contributed by atoms with van der Waals surface area (Å²) >= 11 is 0. The van der Waals surface area contributed by atoms with Crippen molar-refractivity contribution >= 4 is 0 Å². The van der Waals surface area contributed by atoms with Crippen LogP contribution in [0.3, 0.4) is 0 Å². The molecule has 0 bridgehead atoms. The van der Waals surface area contributed by atoms with Gasteiger partial charge in [0.15, 0.2) is 0 Å². The smallest absolute Gasteiger partial charge is 0.138 e. The number of rotatable bonds is 3. The molecule has 1 fully saturated rings. The molecule has 0 spiro atoms. The Balaban J connectivity index is 1.81. The fourth-order valence-corrected chi connectivity index (χ4v) is 2.85. The van der Waals surface area contributed by atoms with Gasteiger partial charge in [0.1, 0.15) is 5.76 Å². The third-order valence-corrected chi connectivity index (χ3v) is 3.94. The van der Waals surface area contributed by atoms with Crippen LogP contribution < -0.4 is 0 Å². The van der Waals surface area contributed by atoms with E-state index >= 15 is 0 Å². The third-order valence-electron chi connectivity index (χ3n) is 3.94. The monoisotopic (exact) mass is 257 g/mol. The maximum atomic E-state index is 5.25. The topological polar surface area (TPSA) is 42.2 Å². The molecule has 0 unspecified atom stereocenters. The second-order valence-corrected chi connectivity index (χ2v) is 5.19. The highest BCUT2D eigenvalue weighted by molar-refractivity contribution is 5.21. The number of nitrogens with zero attached hydrogens (tertiary/aromatic N) is 3. The summed E-state index contributed by atoms with van der Waals surface area (Å²) in [5, 5.41) is 4.04. The quantitative estimate of drug-likeness (QED) is 0.847. The average Bonchev–Trinajstić information content (AvgIpc) is 3.02. The van der Waals surface area contributed by atoms with Gasteiger partial charge in [-0.3, -0.25) is 9.88 Å². The molecule has 0 N–H and O–H groups in total. The highest BCUT2D eigenvalue weighted by atomic mass is 16.5. The molecule has 19 heavy (non-hydrogen) atoms. The van der Waals surface area contributed by atoms with Crippen molar-refractivity contribution in [2.75, 3.05) is 6.54 Å². The van der Waals surface area contributed by atoms with Gasteiger partial charge >= 0.3 is 0 Å². The van der Waals surface area contributed by atoms with Crippen molar-refractivity contribution in [1.82, 2.24) is 15.0 Å². The molecule has 1 aliphatic rings. The molecule has 0 radical (unpaired) electrons. The van der Waals surface area contributed by atoms with Gasteiger partial charge in [-0.15, -0.1) is 0 Å². The maximum Gasteiger partial charge on any atom is 0.138 e. The van der Waals surface area contributed by atoms with Gasteiger partial charge in [0.2, 0.25) is 0 Å². The second-order valence-electron chi connectivity index (χ2n) is 5.19. The van der Waals surface area contributed by atoms with E-state index in [1.807, 2.05) is 26.1 Å². The normalized spacial score (nSPS) is 20.0. The molecule has 3 rings (SSSR count). The van der Waals surface area contributed by atoms with Crippen LogP contribution in [-0.2, 0) is 6.54 Å². The Morgan fingerprint density at radius 1 is 1.37 bits per heavy atom. The molecule has 4 nitrogen and oxygen atoms in total. The first-order valence-corrected chi connectivity index (χ1v) is 6.82. The fraction of sp³-hybridized carbons (Fsp3) is 0.467. The van der Waals surface area contributed by atoms with E-state index < -0.39 is 0 Å². The lowest BCUT2D eigenvalue weighted by Gasteiger charge is -2.23. The van der Waals surface area contributed by atoms with Crippen LogP contribution in [0.5, 0.6) is 0 Å². The molecular weight excluding hydrogens is 238 g/mol. The molecule has 100 valence electrons. The van der Waals surface area contributed by atoms with E-state index in [-0.39, 0.29) is 0 Å². The standard InChI is InChI=1S/C15H19N3O/c1-11-13(12(2)19-17-11)10-18-9-5-7-15(18)14-6-3-4-8-16-14/h3-4,6,8,15H,5,7,9-10H2,1-2H3/t15-/m1/s1. The van der Waals surface area contributed by atoms with E-state index in [1.165, 1.54) is 24.1 Å². The van der Waals surface area contributed by atoms with Crippen molar-refractivity contribution in [1.29, 1.82) is 0 Å². The summed E-state index contributed by atoms with van der Waals surface area (Å²) in [5.74, 6) is 0.934. The van der Waals surface area contributed by atoms with Crippen molar-refractivity contribution in [3.63, 3.8) is 0 Å². The SMILES string of the molecule is Cc1noc(C)c1CN1CCC[C@@H]1c1ccccn1. The van der Waals surface area contributed by atoms with Crippen molar-refractivity contribution in [2.24, 2.45) is 0 Å². The van der Waals surface area contributed by atoms with Crippen LogP contribution in [0.25, 0.3) is 0 Å². The Kier molecular flexibility index (Phi) is 3.34. The van der Waals surface area contributed by atoms with Gasteiger partial charge in [0, 0.05) is 18.3 Å². The first-order valence-electron chi connectivity index (χ1n) is 6.82. The van der Waals surface area contributed by atoms with Crippen LogP contribution in [0.4, 0.5) is 0 Å². The van der Waals surface area contributed by atoms with Crippen molar-refractivity contribution in [3.8, 4) is 0 Å². The minimum Gasteiger partial charge on any atom is -0.361 e. The highest BCUT2D eigenvalue weighted by Gasteiger charge is 2.28. The number of aromatic nitrogens is 2. The number of hydrogen-bond acceptors (Lipinski definition) is 4. The first-order chi connectivity index (χ1) is 9.25. The number of hydrogen-bond donors (Lipinski definition) is 0. The van der Waals surface area contributed by atoms with Crippen LogP contribution in [-0.4, -0.2) is 21.6 Å². The van der Waals surface area contributed by atoms with Gasteiger partial charge in [0.25, 0.3) is 0 Å². The van der Waals surface area contributed by atoms with Crippen LogP contribution in [0.15, 0.2) is 28.9 Å². The van der Waals surface area contributed by atoms with E-state index in [1.54, 1.807) is 0 Å². The van der Waals surface area contributed by atoms with Crippen molar-refractivity contribution < 1.29 is 4.52 Å². The van der Waals surface area contributed by atoms with Crippen molar-refractivity contribution in [2.45, 2.75) is 39.3 Å². The second kappa shape index (κ2) is 5.13. The van der Waals surface area contributed by atoms with Crippen LogP contribution in [0, 0.1) is 13.8 Å². The predicted molar refractivity (Wildman–Crippen MR) is 72.6 cm³/mol. The molecule has 0 amide bonds. The molecule has 0 aromatic carbocycles. The summed E-state index contributed by atoms with van der Waals surface area (Å²) < 4.78 is 5.25. The van der Waals surface area contributed by atoms with Gasteiger partial charge in [-0.2, -0.15) is 0 Å². The van der Waals surface area contributed by atoms with Crippen LogP contribution >= 0.6 is 0 Å². The molecule has 0 saturated carbocycles. The average molecular weight is 257 g/mol. The Hall–Kier alpha value is -1.68. The highest BCUT2D eigenvalue weighted by Crippen LogP contribution is 2.32. The van der Waals surface area contributed by atoms with E-state index in [0.717, 1.165) is 24.5 Å². The predicted octanol–water partition coefficient (Wildman–Crippen LogP) is 3.02. The summed E-state index contributed by atoms with van der Waals surface area (Å²) in [4.78, 5) is 6.99. The molecule has 1 aliphatic heterocycles. The molecule has 0 aliphatic carbocycles. The summed E-state index contributed by atoms with van der Waals surface area (Å²) in [6.07, 6.45) is 4.28. The van der Waals surface area contributed by atoms with E-state index in [9.17, 15) is 0 Å². The van der Waals surface area contributed by atoms with Crippen molar-refractivity contribution in [3.05, 3.63) is 47.1 Å². The third kappa shape index (κ3) is 2.40. The molecule has 1 atom stereocenters. The maximum absolute atomic E-state index is 5.25. The van der Waals surface area contributed by atoms with E-state index in [0.29, 0.717) is 6.04 Å². The Morgan fingerprint density at radius 3 is 2.95 bits per heavy atom. The number of pyridine rings is 1. The Labute approximate surface area is 113 Å². The van der Waals surface area contributed by atoms with Gasteiger partial charge in [-0.25, -0.2) is 0 Å². The summed E-state index contributed by atoms with van der Waals surface area (Å²) in [6, 6.07) is 6.58. The Morgan fingerprint density at radius 2 is 2.26 bits per heavy atom. The van der Waals surface area contributed by atoms with Gasteiger partial charge in [0.05, 0.1) is 17.4 Å². The lowest BCUT2D eigenvalue weighted by Crippen LogP contribution is -2.23. The summed E-state index contributed by atoms with van der Waals surface area (Å²) in [6.45, 7) is 6.02. The van der Waals surface area contributed by atoms with Gasteiger partial charge < -0.3 is 4.52 Å². The molecular formula is C15H19N3O. The summed E-state index contributed by atoms with van der Waals surface area (Å²) in [7, 11) is 0. The van der Waals surface area contributed by atoms with E-state index in [4.69, 9.17) is 4.52 Å². The Bertz CT molecular complexity index is 530. The number of aryl methyl sites for hydroxylation is 2. The molecule has 2 aromatic rings. The molecule has 1 saturated heterocycles.